The lowest BCUT2D eigenvalue weighted by Crippen LogP contribution is -2.06. The molecule has 0 bridgehead atoms. The first kappa shape index (κ1) is 11.8. The van der Waals surface area contributed by atoms with Gasteiger partial charge < -0.3 is 10.6 Å². The van der Waals surface area contributed by atoms with Gasteiger partial charge in [0.25, 0.3) is 0 Å². The molecule has 2 aromatic rings. The van der Waals surface area contributed by atoms with Gasteiger partial charge in [0, 0.05) is 26.5 Å². The lowest BCUT2D eigenvalue weighted by molar-refractivity contribution is 0.747. The van der Waals surface area contributed by atoms with Crippen LogP contribution in [0.3, 0.4) is 0 Å². The van der Waals surface area contributed by atoms with Crippen molar-refractivity contribution in [3.05, 3.63) is 28.6 Å². The third-order valence-corrected chi connectivity index (χ3v) is 2.75. The molecule has 0 aliphatic rings. The predicted molar refractivity (Wildman–Crippen MR) is 69.8 cm³/mol. The van der Waals surface area contributed by atoms with E-state index in [0.717, 1.165) is 16.0 Å². The Labute approximate surface area is 108 Å². The van der Waals surface area contributed by atoms with Gasteiger partial charge in [-0.05, 0) is 22.0 Å². The van der Waals surface area contributed by atoms with Crippen molar-refractivity contribution in [2.24, 2.45) is 7.05 Å². The normalized spacial score (nSPS) is 10.3. The molecule has 0 aliphatic carbocycles. The van der Waals surface area contributed by atoms with E-state index in [9.17, 15) is 0 Å². The van der Waals surface area contributed by atoms with E-state index in [1.54, 1.807) is 17.9 Å². The minimum Gasteiger partial charge on any atom is -0.363 e. The average molecular weight is 297 g/mol. The van der Waals surface area contributed by atoms with Gasteiger partial charge in [0.2, 0.25) is 5.95 Å². The molecule has 2 heterocycles. The van der Waals surface area contributed by atoms with Crippen LogP contribution in [0.15, 0.2) is 22.9 Å². The highest BCUT2D eigenvalue weighted by molar-refractivity contribution is 9.10. The molecule has 6 nitrogen and oxygen atoms in total. The van der Waals surface area contributed by atoms with E-state index < -0.39 is 0 Å². The molecule has 0 saturated carbocycles. The number of nitrogens with zero attached hydrogens (tertiary/aromatic N) is 4. The molecule has 17 heavy (non-hydrogen) atoms. The highest BCUT2D eigenvalue weighted by Gasteiger charge is 2.04. The van der Waals surface area contributed by atoms with Crippen LogP contribution >= 0.6 is 15.9 Å². The van der Waals surface area contributed by atoms with E-state index >= 15 is 0 Å². The molecule has 0 radical (unpaired) electrons. The van der Waals surface area contributed by atoms with Crippen molar-refractivity contribution in [3.8, 4) is 0 Å². The van der Waals surface area contributed by atoms with Crippen LogP contribution in [-0.2, 0) is 13.6 Å². The van der Waals surface area contributed by atoms with Gasteiger partial charge in [0.1, 0.15) is 5.82 Å². The molecule has 2 N–H and O–H groups in total. The Hall–Kier alpha value is -1.63. The number of aryl methyl sites for hydroxylation is 1. The van der Waals surface area contributed by atoms with Crippen LogP contribution in [0.4, 0.5) is 11.8 Å². The average Bonchev–Trinajstić information content (AvgIpc) is 2.74. The van der Waals surface area contributed by atoms with Gasteiger partial charge in [-0.15, -0.1) is 0 Å². The summed E-state index contributed by atoms with van der Waals surface area (Å²) in [5.41, 5.74) is 0.962. The third kappa shape index (κ3) is 2.94. The first-order chi connectivity index (χ1) is 8.19. The van der Waals surface area contributed by atoms with Gasteiger partial charge >= 0.3 is 0 Å². The zero-order valence-corrected chi connectivity index (χ0v) is 11.2. The number of anilines is 2. The van der Waals surface area contributed by atoms with Crippen LogP contribution in [0.25, 0.3) is 0 Å². The second-order valence-corrected chi connectivity index (χ2v) is 4.33. The Morgan fingerprint density at radius 3 is 2.94 bits per heavy atom. The fourth-order valence-electron chi connectivity index (χ4n) is 1.34. The Balaban J connectivity index is 2.07. The van der Waals surface area contributed by atoms with E-state index in [4.69, 9.17) is 0 Å². The van der Waals surface area contributed by atoms with Crippen LogP contribution in [-0.4, -0.2) is 26.8 Å². The smallest absolute Gasteiger partial charge is 0.224 e. The Bertz CT molecular complexity index is 509. The van der Waals surface area contributed by atoms with Crippen LogP contribution in [0, 0.1) is 0 Å². The molecular formula is C10H13BrN6. The summed E-state index contributed by atoms with van der Waals surface area (Å²) in [6, 6.07) is 1.96. The SMILES string of the molecule is CNc1ncc(Br)c(NCc2ccn(C)n2)n1. The first-order valence-corrected chi connectivity index (χ1v) is 5.91. The highest BCUT2D eigenvalue weighted by atomic mass is 79.9. The summed E-state index contributed by atoms with van der Waals surface area (Å²) in [5.74, 6) is 1.33. The lowest BCUT2D eigenvalue weighted by atomic mass is 10.4. The quantitative estimate of drug-likeness (QED) is 0.897. The molecule has 2 rings (SSSR count). The molecule has 0 saturated heterocycles. The molecule has 0 amide bonds. The van der Waals surface area contributed by atoms with E-state index in [2.05, 4.69) is 41.6 Å². The molecule has 0 fully saturated rings. The van der Waals surface area contributed by atoms with Gasteiger partial charge in [-0.25, -0.2) is 4.98 Å². The molecule has 0 atom stereocenters. The maximum atomic E-state index is 4.30. The van der Waals surface area contributed by atoms with E-state index in [1.807, 2.05) is 19.3 Å². The Kier molecular flexibility index (Phi) is 3.58. The van der Waals surface area contributed by atoms with E-state index in [1.165, 1.54) is 0 Å². The first-order valence-electron chi connectivity index (χ1n) is 5.11. The minimum atomic E-state index is 0.580. The van der Waals surface area contributed by atoms with Crippen LogP contribution < -0.4 is 10.6 Å². The fraction of sp³-hybridized carbons (Fsp3) is 0.300. The standard InChI is InChI=1S/C10H13BrN6/c1-12-10-14-6-8(11)9(15-10)13-5-7-3-4-17(2)16-7/h3-4,6H,5H2,1-2H3,(H2,12,13,14,15). The lowest BCUT2D eigenvalue weighted by Gasteiger charge is -2.07. The van der Waals surface area contributed by atoms with E-state index in [0.29, 0.717) is 12.5 Å². The van der Waals surface area contributed by atoms with Crippen molar-refractivity contribution in [3.63, 3.8) is 0 Å². The van der Waals surface area contributed by atoms with Gasteiger partial charge in [-0.3, -0.25) is 4.68 Å². The maximum absolute atomic E-state index is 4.30. The van der Waals surface area contributed by atoms with Crippen LogP contribution in [0.2, 0.25) is 0 Å². The number of hydrogen-bond acceptors (Lipinski definition) is 5. The summed E-state index contributed by atoms with van der Waals surface area (Å²) in [4.78, 5) is 8.39. The molecule has 0 unspecified atom stereocenters. The summed E-state index contributed by atoms with van der Waals surface area (Å²) < 4.78 is 2.60. The molecular weight excluding hydrogens is 284 g/mol. The van der Waals surface area contributed by atoms with Crippen molar-refractivity contribution < 1.29 is 0 Å². The molecule has 0 aliphatic heterocycles. The maximum Gasteiger partial charge on any atom is 0.224 e. The summed E-state index contributed by atoms with van der Waals surface area (Å²) in [6.45, 7) is 0.625. The van der Waals surface area contributed by atoms with E-state index in [-0.39, 0.29) is 0 Å². The van der Waals surface area contributed by atoms with Crippen molar-refractivity contribution in [2.45, 2.75) is 6.54 Å². The zero-order chi connectivity index (χ0) is 12.3. The summed E-state index contributed by atoms with van der Waals surface area (Å²) in [6.07, 6.45) is 3.62. The number of aromatic nitrogens is 4. The monoisotopic (exact) mass is 296 g/mol. The Morgan fingerprint density at radius 2 is 2.29 bits per heavy atom. The topological polar surface area (TPSA) is 67.7 Å². The number of halogens is 1. The van der Waals surface area contributed by atoms with Crippen molar-refractivity contribution in [1.29, 1.82) is 0 Å². The molecule has 90 valence electrons. The van der Waals surface area contributed by atoms with Gasteiger partial charge in [0.05, 0.1) is 16.7 Å². The second-order valence-electron chi connectivity index (χ2n) is 3.47. The van der Waals surface area contributed by atoms with Crippen LogP contribution in [0.1, 0.15) is 5.69 Å². The summed E-state index contributed by atoms with van der Waals surface area (Å²) >= 11 is 3.40. The molecule has 0 aromatic carbocycles. The van der Waals surface area contributed by atoms with Crippen molar-refractivity contribution in [1.82, 2.24) is 19.7 Å². The Morgan fingerprint density at radius 1 is 1.47 bits per heavy atom. The number of nitrogens with one attached hydrogen (secondary N) is 2. The largest absolute Gasteiger partial charge is 0.363 e. The minimum absolute atomic E-state index is 0.580. The van der Waals surface area contributed by atoms with Crippen LogP contribution in [0.5, 0.6) is 0 Å². The fourth-order valence-corrected chi connectivity index (χ4v) is 1.67. The number of hydrogen-bond donors (Lipinski definition) is 2. The van der Waals surface area contributed by atoms with Crippen molar-refractivity contribution >= 4 is 27.7 Å². The second kappa shape index (κ2) is 5.13. The molecule has 0 spiro atoms. The van der Waals surface area contributed by atoms with Crippen molar-refractivity contribution in [2.75, 3.05) is 17.7 Å². The zero-order valence-electron chi connectivity index (χ0n) is 9.61. The highest BCUT2D eigenvalue weighted by Crippen LogP contribution is 2.20. The van der Waals surface area contributed by atoms with Gasteiger partial charge in [0.15, 0.2) is 0 Å². The summed E-state index contributed by atoms with van der Waals surface area (Å²) in [5, 5.41) is 10.4. The van der Waals surface area contributed by atoms with Gasteiger partial charge in [-0.2, -0.15) is 10.1 Å². The third-order valence-electron chi connectivity index (χ3n) is 2.17. The summed E-state index contributed by atoms with van der Waals surface area (Å²) in [7, 11) is 3.68. The molecule has 2 aromatic heterocycles. The van der Waals surface area contributed by atoms with Gasteiger partial charge in [-0.1, -0.05) is 0 Å². The molecule has 7 heteroatoms. The number of rotatable bonds is 4. The predicted octanol–water partition coefficient (Wildman–Crippen LogP) is 1.63.